The second-order valence-corrected chi connectivity index (χ2v) is 7.60. The van der Waals surface area contributed by atoms with Gasteiger partial charge in [0.25, 0.3) is 0 Å². The van der Waals surface area contributed by atoms with E-state index in [0.717, 1.165) is 37.4 Å². The molecule has 0 spiro atoms. The molecule has 3 N–H and O–H groups in total. The maximum Gasteiger partial charge on any atom is 0.323 e. The Balaban J connectivity index is 1.34. The van der Waals surface area contributed by atoms with Gasteiger partial charge in [-0.15, -0.1) is 0 Å². The number of amides is 2. The third-order valence-electron chi connectivity index (χ3n) is 5.41. The van der Waals surface area contributed by atoms with Crippen molar-refractivity contribution in [1.82, 2.24) is 25.3 Å². The third kappa shape index (κ3) is 4.66. The predicted molar refractivity (Wildman–Crippen MR) is 121 cm³/mol. The highest BCUT2D eigenvalue weighted by molar-refractivity contribution is 5.99. The average molecular weight is 432 g/mol. The van der Waals surface area contributed by atoms with Gasteiger partial charge in [0.05, 0.1) is 19.3 Å². The Morgan fingerprint density at radius 2 is 1.66 bits per heavy atom. The molecule has 0 bridgehead atoms. The van der Waals surface area contributed by atoms with Crippen LogP contribution in [0.2, 0.25) is 0 Å². The van der Waals surface area contributed by atoms with E-state index in [-0.39, 0.29) is 12.1 Å². The van der Waals surface area contributed by atoms with Crippen molar-refractivity contribution in [3.8, 4) is 11.4 Å². The van der Waals surface area contributed by atoms with Crippen molar-refractivity contribution in [2.45, 2.75) is 12.5 Å². The van der Waals surface area contributed by atoms with Gasteiger partial charge in [-0.1, -0.05) is 0 Å². The first kappa shape index (κ1) is 20.3. The molecule has 3 aromatic rings. The van der Waals surface area contributed by atoms with Crippen LogP contribution in [0.5, 0.6) is 0 Å². The molecule has 2 saturated heterocycles. The topological polar surface area (TPSA) is 117 Å². The van der Waals surface area contributed by atoms with Crippen LogP contribution in [0.1, 0.15) is 18.3 Å². The van der Waals surface area contributed by atoms with Crippen LogP contribution >= 0.6 is 0 Å². The standard InChI is InChI=1S/C22H24N8O2/c31-22(26-17-5-8-23-9-6-17)25-16-3-1-15(2-4-16)19-27-20(18-7-10-24-18)29-21(28-19)30-11-13-32-14-12-30/h1-6,8-9,18,24H,7,10-14H2,(H2,23,25,26,31). The lowest BCUT2D eigenvalue weighted by Crippen LogP contribution is -2.39. The molecule has 0 aliphatic carbocycles. The van der Waals surface area contributed by atoms with E-state index in [1.54, 1.807) is 24.5 Å². The molecular formula is C22H24N8O2. The molecule has 1 unspecified atom stereocenters. The van der Waals surface area contributed by atoms with Crippen LogP contribution in [-0.4, -0.2) is 58.8 Å². The van der Waals surface area contributed by atoms with Crippen LogP contribution in [0.15, 0.2) is 48.8 Å². The Bertz CT molecular complexity index is 1070. The van der Waals surface area contributed by atoms with Gasteiger partial charge in [-0.3, -0.25) is 4.98 Å². The van der Waals surface area contributed by atoms with Gasteiger partial charge in [0, 0.05) is 42.4 Å². The van der Waals surface area contributed by atoms with E-state index in [1.165, 1.54) is 0 Å². The monoisotopic (exact) mass is 432 g/mol. The normalized spacial score (nSPS) is 18.0. The molecular weight excluding hydrogens is 408 g/mol. The van der Waals surface area contributed by atoms with Gasteiger partial charge >= 0.3 is 6.03 Å². The lowest BCUT2D eigenvalue weighted by molar-refractivity contribution is 0.122. The maximum absolute atomic E-state index is 12.2. The molecule has 0 saturated carbocycles. The summed E-state index contributed by atoms with van der Waals surface area (Å²) in [7, 11) is 0. The molecule has 2 aliphatic heterocycles. The third-order valence-corrected chi connectivity index (χ3v) is 5.41. The second-order valence-electron chi connectivity index (χ2n) is 7.60. The Morgan fingerprint density at radius 3 is 2.31 bits per heavy atom. The number of nitrogens with zero attached hydrogens (tertiary/aromatic N) is 5. The highest BCUT2D eigenvalue weighted by atomic mass is 16.5. The molecule has 10 heteroatoms. The van der Waals surface area contributed by atoms with Gasteiger partial charge in [-0.05, 0) is 49.4 Å². The van der Waals surface area contributed by atoms with Crippen LogP contribution < -0.4 is 20.9 Å². The van der Waals surface area contributed by atoms with Gasteiger partial charge in [0.1, 0.15) is 0 Å². The van der Waals surface area contributed by atoms with Crippen LogP contribution in [0.4, 0.5) is 22.1 Å². The molecule has 2 fully saturated rings. The molecule has 2 amide bonds. The second kappa shape index (κ2) is 9.25. The zero-order valence-electron chi connectivity index (χ0n) is 17.5. The average Bonchev–Trinajstić information content (AvgIpc) is 2.79. The first-order valence-electron chi connectivity index (χ1n) is 10.7. The van der Waals surface area contributed by atoms with Gasteiger partial charge in [-0.2, -0.15) is 9.97 Å². The molecule has 2 aromatic heterocycles. The van der Waals surface area contributed by atoms with Crippen molar-refractivity contribution in [1.29, 1.82) is 0 Å². The molecule has 1 atom stereocenters. The van der Waals surface area contributed by atoms with E-state index < -0.39 is 0 Å². The Kier molecular flexibility index (Phi) is 5.86. The Morgan fingerprint density at radius 1 is 0.969 bits per heavy atom. The fraction of sp³-hybridized carbons (Fsp3) is 0.318. The molecule has 4 heterocycles. The molecule has 5 rings (SSSR count). The van der Waals surface area contributed by atoms with Gasteiger partial charge in [-0.25, -0.2) is 9.78 Å². The number of anilines is 3. The minimum atomic E-state index is -0.322. The van der Waals surface area contributed by atoms with Crippen molar-refractivity contribution in [3.63, 3.8) is 0 Å². The van der Waals surface area contributed by atoms with Crippen molar-refractivity contribution in [3.05, 3.63) is 54.6 Å². The molecule has 164 valence electrons. The fourth-order valence-electron chi connectivity index (χ4n) is 3.51. The lowest BCUT2D eigenvalue weighted by atomic mass is 10.1. The number of carbonyl (C=O) groups excluding carboxylic acids is 1. The SMILES string of the molecule is O=C(Nc1ccncc1)Nc1ccc(-c2nc(C3CCN3)nc(N3CCOCC3)n2)cc1. The van der Waals surface area contributed by atoms with E-state index in [0.29, 0.717) is 36.4 Å². The zero-order chi connectivity index (χ0) is 21.8. The van der Waals surface area contributed by atoms with Crippen molar-refractivity contribution < 1.29 is 9.53 Å². The lowest BCUT2D eigenvalue weighted by Gasteiger charge is -2.30. The van der Waals surface area contributed by atoms with E-state index in [2.05, 4.69) is 25.8 Å². The number of aromatic nitrogens is 4. The zero-order valence-corrected chi connectivity index (χ0v) is 17.5. The molecule has 0 radical (unpaired) electrons. The van der Waals surface area contributed by atoms with Crippen molar-refractivity contribution >= 4 is 23.4 Å². The largest absolute Gasteiger partial charge is 0.378 e. The smallest absolute Gasteiger partial charge is 0.323 e. The predicted octanol–water partition coefficient (Wildman–Crippen LogP) is 2.45. The summed E-state index contributed by atoms with van der Waals surface area (Å²) in [6.07, 6.45) is 4.26. The van der Waals surface area contributed by atoms with Crippen LogP contribution in [0.25, 0.3) is 11.4 Å². The number of ether oxygens (including phenoxy) is 1. The molecule has 10 nitrogen and oxygen atoms in total. The first-order valence-corrected chi connectivity index (χ1v) is 10.7. The summed E-state index contributed by atoms with van der Waals surface area (Å²) in [4.78, 5) is 32.5. The van der Waals surface area contributed by atoms with Crippen LogP contribution in [0.3, 0.4) is 0 Å². The summed E-state index contributed by atoms with van der Waals surface area (Å²) < 4.78 is 5.46. The minimum Gasteiger partial charge on any atom is -0.378 e. The van der Waals surface area contributed by atoms with E-state index in [4.69, 9.17) is 19.7 Å². The van der Waals surface area contributed by atoms with E-state index >= 15 is 0 Å². The van der Waals surface area contributed by atoms with Crippen molar-refractivity contribution in [2.24, 2.45) is 0 Å². The maximum atomic E-state index is 12.2. The summed E-state index contributed by atoms with van der Waals surface area (Å²) >= 11 is 0. The first-order chi connectivity index (χ1) is 15.7. The van der Waals surface area contributed by atoms with Crippen LogP contribution in [0, 0.1) is 0 Å². The summed E-state index contributed by atoms with van der Waals surface area (Å²) in [5.74, 6) is 2.07. The van der Waals surface area contributed by atoms with Gasteiger partial charge < -0.3 is 25.6 Å². The number of morpholine rings is 1. The van der Waals surface area contributed by atoms with Crippen molar-refractivity contribution in [2.75, 3.05) is 48.4 Å². The minimum absolute atomic E-state index is 0.161. The van der Waals surface area contributed by atoms with Crippen LogP contribution in [-0.2, 0) is 4.74 Å². The van der Waals surface area contributed by atoms with E-state index in [1.807, 2.05) is 24.3 Å². The van der Waals surface area contributed by atoms with Gasteiger partial charge in [0.2, 0.25) is 5.95 Å². The number of hydrogen-bond donors (Lipinski definition) is 3. The molecule has 1 aromatic carbocycles. The highest BCUT2D eigenvalue weighted by Crippen LogP contribution is 2.26. The summed E-state index contributed by atoms with van der Waals surface area (Å²) in [5.41, 5.74) is 2.21. The quantitative estimate of drug-likeness (QED) is 0.563. The Hall–Kier alpha value is -3.63. The number of pyridine rings is 1. The number of carbonyl (C=O) groups is 1. The highest BCUT2D eigenvalue weighted by Gasteiger charge is 2.25. The molecule has 32 heavy (non-hydrogen) atoms. The molecule has 2 aliphatic rings. The number of hydrogen-bond acceptors (Lipinski definition) is 8. The fourth-order valence-corrected chi connectivity index (χ4v) is 3.51. The summed E-state index contributed by atoms with van der Waals surface area (Å²) in [5, 5.41) is 8.96. The Labute approximate surface area is 185 Å². The number of nitrogens with one attached hydrogen (secondary N) is 3. The number of urea groups is 1. The summed E-state index contributed by atoms with van der Waals surface area (Å²) in [6, 6.07) is 10.8. The van der Waals surface area contributed by atoms with Gasteiger partial charge in [0.15, 0.2) is 11.6 Å². The number of benzene rings is 1. The summed E-state index contributed by atoms with van der Waals surface area (Å²) in [6.45, 7) is 3.83. The van der Waals surface area contributed by atoms with E-state index in [9.17, 15) is 4.79 Å². The number of rotatable bonds is 5.